The molecule has 0 unspecified atom stereocenters. The molecular weight excluding hydrogens is 158 g/mol. The minimum atomic E-state index is -0.131. The molecule has 4 heteroatoms. The van der Waals surface area contributed by atoms with Crippen LogP contribution in [0.4, 0.5) is 0 Å². The van der Waals surface area contributed by atoms with Gasteiger partial charge in [0.15, 0.2) is 12.1 Å². The Morgan fingerprint density at radius 2 is 2.17 bits per heavy atom. The highest BCUT2D eigenvalue weighted by atomic mass is 16.7. The third kappa shape index (κ3) is 3.11. The number of rotatable bonds is 5. The van der Waals surface area contributed by atoms with Gasteiger partial charge < -0.3 is 14.9 Å². The molecule has 0 spiro atoms. The number of hydrogen-bond donors (Lipinski definition) is 1. The highest BCUT2D eigenvalue weighted by molar-refractivity contribution is 6.26. The highest BCUT2D eigenvalue weighted by Crippen LogP contribution is 2.11. The maximum absolute atomic E-state index is 10.7. The molecule has 68 valence electrons. The van der Waals surface area contributed by atoms with Crippen molar-refractivity contribution in [2.45, 2.75) is 25.6 Å². The summed E-state index contributed by atoms with van der Waals surface area (Å²) in [6.45, 7) is 1.31. The van der Waals surface area contributed by atoms with E-state index < -0.39 is 0 Å². The second-order valence-corrected chi connectivity index (χ2v) is 2.67. The molecule has 0 aliphatic carbocycles. The zero-order chi connectivity index (χ0) is 8.81. The van der Waals surface area contributed by atoms with Crippen LogP contribution >= 0.6 is 0 Å². The van der Waals surface area contributed by atoms with E-state index in [0.717, 1.165) is 19.1 Å². The molecule has 0 aromatic heterocycles. The number of carbonyl (C=O) groups is 1. The number of carbonyl (C=O) groups excluding carboxylic acids is 1. The van der Waals surface area contributed by atoms with Gasteiger partial charge in [-0.15, -0.1) is 0 Å². The molecule has 0 radical (unpaired) electrons. The van der Waals surface area contributed by atoms with E-state index in [9.17, 15) is 4.79 Å². The smallest absolute Gasteiger partial charge is 0.173 e. The van der Waals surface area contributed by atoms with Gasteiger partial charge in [-0.2, -0.15) is 0 Å². The lowest BCUT2D eigenvalue weighted by Gasteiger charge is -2.06. The summed E-state index contributed by atoms with van der Waals surface area (Å²) in [7, 11) is 0. The summed E-state index contributed by atoms with van der Waals surface area (Å²) >= 11 is 0. The zero-order valence-corrected chi connectivity index (χ0v) is 6.91. The Kier molecular flexibility index (Phi) is 3.90. The van der Waals surface area contributed by atoms with Gasteiger partial charge in [0.25, 0.3) is 0 Å². The molecule has 0 saturated carbocycles. The minimum absolute atomic E-state index is 0.122. The van der Waals surface area contributed by atoms with Gasteiger partial charge in [0.2, 0.25) is 0 Å². The average molecular weight is 171 g/mol. The first-order valence-corrected chi connectivity index (χ1v) is 4.09. The van der Waals surface area contributed by atoms with Crippen LogP contribution in [0, 0.1) is 5.41 Å². The van der Waals surface area contributed by atoms with E-state index in [2.05, 4.69) is 0 Å². The first kappa shape index (κ1) is 9.35. The lowest BCUT2D eigenvalue weighted by molar-refractivity contribution is -0.113. The normalized spacial score (nSPS) is 18.0. The van der Waals surface area contributed by atoms with Crippen LogP contribution in [-0.2, 0) is 14.3 Å². The van der Waals surface area contributed by atoms with Crippen LogP contribution < -0.4 is 0 Å². The van der Waals surface area contributed by atoms with Crippen molar-refractivity contribution in [2.24, 2.45) is 0 Å². The van der Waals surface area contributed by atoms with Crippen LogP contribution in [0.25, 0.3) is 0 Å². The molecule has 0 aromatic carbocycles. The Morgan fingerprint density at radius 3 is 2.75 bits per heavy atom. The molecule has 1 fully saturated rings. The standard InChI is InChI=1S/C8H13NO3/c9-6-7(10)2-1-3-8-11-4-5-12-8/h6,8-9H,1-5H2. The van der Waals surface area contributed by atoms with E-state index in [1.807, 2.05) is 0 Å². The number of ketones is 1. The molecule has 0 amide bonds. The van der Waals surface area contributed by atoms with Gasteiger partial charge >= 0.3 is 0 Å². The van der Waals surface area contributed by atoms with Gasteiger partial charge in [0.05, 0.1) is 19.4 Å². The monoisotopic (exact) mass is 171 g/mol. The molecule has 1 N–H and O–H groups in total. The lowest BCUT2D eigenvalue weighted by atomic mass is 10.2. The quantitative estimate of drug-likeness (QED) is 0.621. The van der Waals surface area contributed by atoms with Gasteiger partial charge in [-0.1, -0.05) is 0 Å². The fourth-order valence-corrected chi connectivity index (χ4v) is 1.09. The molecule has 4 nitrogen and oxygen atoms in total. The summed E-state index contributed by atoms with van der Waals surface area (Å²) in [5, 5.41) is 6.66. The second kappa shape index (κ2) is 5.00. The molecule has 0 atom stereocenters. The van der Waals surface area contributed by atoms with Crippen molar-refractivity contribution in [1.82, 2.24) is 0 Å². The number of hydrogen-bond acceptors (Lipinski definition) is 4. The van der Waals surface area contributed by atoms with Crippen LogP contribution in [0.5, 0.6) is 0 Å². The van der Waals surface area contributed by atoms with E-state index in [1.165, 1.54) is 0 Å². The summed E-state index contributed by atoms with van der Waals surface area (Å²) in [6, 6.07) is 0. The van der Waals surface area contributed by atoms with Crippen LogP contribution in [0.2, 0.25) is 0 Å². The molecule has 0 aromatic rings. The van der Waals surface area contributed by atoms with E-state index in [-0.39, 0.29) is 12.1 Å². The van der Waals surface area contributed by atoms with Crippen LogP contribution in [0.15, 0.2) is 0 Å². The molecule has 0 bridgehead atoms. The van der Waals surface area contributed by atoms with Gasteiger partial charge in [-0.05, 0) is 12.8 Å². The minimum Gasteiger partial charge on any atom is -0.350 e. The lowest BCUT2D eigenvalue weighted by Crippen LogP contribution is -2.08. The van der Waals surface area contributed by atoms with Gasteiger partial charge in [0.1, 0.15) is 0 Å². The van der Waals surface area contributed by atoms with E-state index in [1.54, 1.807) is 0 Å². The van der Waals surface area contributed by atoms with Gasteiger partial charge in [-0.25, -0.2) is 0 Å². The topological polar surface area (TPSA) is 59.4 Å². The van der Waals surface area contributed by atoms with Crippen LogP contribution in [-0.4, -0.2) is 31.5 Å². The molecule has 1 aliphatic heterocycles. The summed E-state index contributed by atoms with van der Waals surface area (Å²) in [4.78, 5) is 10.7. The zero-order valence-electron chi connectivity index (χ0n) is 6.91. The third-order valence-electron chi connectivity index (χ3n) is 1.71. The summed E-state index contributed by atoms with van der Waals surface area (Å²) in [5.41, 5.74) is 0. The van der Waals surface area contributed by atoms with E-state index in [4.69, 9.17) is 14.9 Å². The molecular formula is C8H13NO3. The van der Waals surface area contributed by atoms with Crippen molar-refractivity contribution in [1.29, 1.82) is 5.41 Å². The molecule has 12 heavy (non-hydrogen) atoms. The van der Waals surface area contributed by atoms with Crippen molar-refractivity contribution >= 4 is 12.0 Å². The van der Waals surface area contributed by atoms with Crippen molar-refractivity contribution in [3.05, 3.63) is 0 Å². The number of Topliss-reactive ketones (excluding diaryl/α,β-unsaturated/α-hetero) is 1. The largest absolute Gasteiger partial charge is 0.350 e. The van der Waals surface area contributed by atoms with E-state index in [0.29, 0.717) is 19.6 Å². The number of nitrogens with one attached hydrogen (secondary N) is 1. The Labute approximate surface area is 71.4 Å². The average Bonchev–Trinajstić information content (AvgIpc) is 2.57. The fraction of sp³-hybridized carbons (Fsp3) is 0.750. The van der Waals surface area contributed by atoms with Crippen molar-refractivity contribution < 1.29 is 14.3 Å². The molecule has 1 heterocycles. The Bertz CT molecular complexity index is 164. The second-order valence-electron chi connectivity index (χ2n) is 2.67. The van der Waals surface area contributed by atoms with Crippen molar-refractivity contribution in [3.63, 3.8) is 0 Å². The molecule has 1 saturated heterocycles. The SMILES string of the molecule is N=CC(=O)CCCC1OCCO1. The number of ether oxygens (including phenoxy) is 2. The molecule has 1 aliphatic rings. The first-order chi connectivity index (χ1) is 5.83. The Hall–Kier alpha value is -0.740. The summed E-state index contributed by atoms with van der Waals surface area (Å²) in [5.74, 6) is -0.131. The van der Waals surface area contributed by atoms with E-state index >= 15 is 0 Å². The fourth-order valence-electron chi connectivity index (χ4n) is 1.09. The van der Waals surface area contributed by atoms with Crippen molar-refractivity contribution in [3.8, 4) is 0 Å². The first-order valence-electron chi connectivity index (χ1n) is 4.09. The Morgan fingerprint density at radius 1 is 1.50 bits per heavy atom. The Balaban J connectivity index is 2.01. The van der Waals surface area contributed by atoms with Gasteiger partial charge in [0, 0.05) is 6.42 Å². The summed E-state index contributed by atoms with van der Waals surface area (Å²) in [6.07, 6.45) is 2.64. The van der Waals surface area contributed by atoms with Crippen LogP contribution in [0.3, 0.4) is 0 Å². The third-order valence-corrected chi connectivity index (χ3v) is 1.71. The maximum atomic E-state index is 10.7. The van der Waals surface area contributed by atoms with Crippen molar-refractivity contribution in [2.75, 3.05) is 13.2 Å². The molecule has 1 rings (SSSR count). The predicted octanol–water partition coefficient (Wildman–Crippen LogP) is 0.748. The van der Waals surface area contributed by atoms with Gasteiger partial charge in [-0.3, -0.25) is 4.79 Å². The highest BCUT2D eigenvalue weighted by Gasteiger charge is 2.15. The maximum Gasteiger partial charge on any atom is 0.173 e. The summed E-state index contributed by atoms with van der Waals surface area (Å²) < 4.78 is 10.4. The predicted molar refractivity (Wildman–Crippen MR) is 43.3 cm³/mol. The van der Waals surface area contributed by atoms with Crippen LogP contribution in [0.1, 0.15) is 19.3 Å².